The summed E-state index contributed by atoms with van der Waals surface area (Å²) in [5.74, 6) is 0.812. The van der Waals surface area contributed by atoms with Gasteiger partial charge in [0.2, 0.25) is 5.88 Å². The van der Waals surface area contributed by atoms with Crippen molar-refractivity contribution in [1.29, 1.82) is 0 Å². The van der Waals surface area contributed by atoms with Gasteiger partial charge in [-0.15, -0.1) is 0 Å². The minimum atomic E-state index is -0.199. The molecule has 0 saturated carbocycles. The second kappa shape index (κ2) is 10.5. The van der Waals surface area contributed by atoms with E-state index in [-0.39, 0.29) is 16.8 Å². The van der Waals surface area contributed by atoms with Crippen LogP contribution in [0, 0.1) is 5.41 Å². The molecule has 3 rings (SSSR count). The number of hydrogen-bond donors (Lipinski definition) is 2. The first kappa shape index (κ1) is 23.6. The van der Waals surface area contributed by atoms with E-state index in [1.165, 1.54) is 0 Å². The maximum absolute atomic E-state index is 13.3. The molecule has 3 heterocycles. The molecule has 32 heavy (non-hydrogen) atoms. The number of aromatic nitrogens is 4. The summed E-state index contributed by atoms with van der Waals surface area (Å²) < 4.78 is 12.5. The Balaban J connectivity index is 2.02. The van der Waals surface area contributed by atoms with Gasteiger partial charge in [0.1, 0.15) is 5.52 Å². The third-order valence-corrected chi connectivity index (χ3v) is 5.17. The van der Waals surface area contributed by atoms with E-state index in [0.29, 0.717) is 55.5 Å². The van der Waals surface area contributed by atoms with Crippen LogP contribution in [0.5, 0.6) is 5.88 Å². The number of fused-ring (bicyclic) bond motifs is 1. The van der Waals surface area contributed by atoms with Gasteiger partial charge in [0.15, 0.2) is 5.82 Å². The van der Waals surface area contributed by atoms with Crippen molar-refractivity contribution in [2.24, 2.45) is 11.1 Å². The average Bonchev–Trinajstić information content (AvgIpc) is 2.81. The summed E-state index contributed by atoms with van der Waals surface area (Å²) >= 11 is 0. The first-order valence-electron chi connectivity index (χ1n) is 10.8. The summed E-state index contributed by atoms with van der Waals surface area (Å²) in [6, 6.07) is 5.52. The molecule has 3 aromatic rings. The molecule has 0 aliphatic rings. The average molecular weight is 441 g/mol. The summed E-state index contributed by atoms with van der Waals surface area (Å²) in [6.45, 7) is 8.65. The number of nitrogens with one attached hydrogen (secondary N) is 1. The molecular formula is C23H32N6O3. The number of rotatable bonds is 11. The fraction of sp³-hybridized carbons (Fsp3) is 0.478. The zero-order chi connectivity index (χ0) is 23.1. The minimum absolute atomic E-state index is 0.165. The maximum Gasteiger partial charge on any atom is 0.293 e. The van der Waals surface area contributed by atoms with Gasteiger partial charge in [-0.05, 0) is 30.5 Å². The van der Waals surface area contributed by atoms with Gasteiger partial charge < -0.3 is 25.1 Å². The van der Waals surface area contributed by atoms with Crippen molar-refractivity contribution in [3.8, 4) is 17.1 Å². The van der Waals surface area contributed by atoms with E-state index in [9.17, 15) is 4.79 Å². The van der Waals surface area contributed by atoms with Crippen LogP contribution in [-0.4, -0.2) is 52.9 Å². The van der Waals surface area contributed by atoms with Crippen molar-refractivity contribution in [1.82, 2.24) is 19.5 Å². The highest BCUT2D eigenvalue weighted by atomic mass is 16.5. The highest BCUT2D eigenvalue weighted by Gasteiger charge is 2.18. The van der Waals surface area contributed by atoms with Gasteiger partial charge in [-0.2, -0.15) is 0 Å². The SMILES string of the molecule is CCCOCCn1c(=O)c(NCC(C)(C)CN)nc2cnc(-c3ccc(OC)nc3)cc21. The molecule has 0 unspecified atom stereocenters. The normalized spacial score (nSPS) is 11.7. The Labute approximate surface area is 188 Å². The van der Waals surface area contributed by atoms with E-state index in [0.717, 1.165) is 12.0 Å². The number of methoxy groups -OCH3 is 1. The molecule has 3 aromatic heterocycles. The van der Waals surface area contributed by atoms with Gasteiger partial charge in [0.05, 0.1) is 31.1 Å². The lowest BCUT2D eigenvalue weighted by atomic mass is 9.94. The van der Waals surface area contributed by atoms with Crippen LogP contribution < -0.4 is 21.3 Å². The lowest BCUT2D eigenvalue weighted by molar-refractivity contribution is 0.127. The highest BCUT2D eigenvalue weighted by molar-refractivity contribution is 5.80. The van der Waals surface area contributed by atoms with Crippen LogP contribution in [-0.2, 0) is 11.3 Å². The topological polar surface area (TPSA) is 117 Å². The van der Waals surface area contributed by atoms with Crippen molar-refractivity contribution in [2.45, 2.75) is 33.7 Å². The third-order valence-electron chi connectivity index (χ3n) is 5.17. The Hall–Kier alpha value is -3.04. The van der Waals surface area contributed by atoms with E-state index in [1.807, 2.05) is 26.0 Å². The lowest BCUT2D eigenvalue weighted by Gasteiger charge is -2.23. The van der Waals surface area contributed by atoms with Crippen LogP contribution >= 0.6 is 0 Å². The summed E-state index contributed by atoms with van der Waals surface area (Å²) in [6.07, 6.45) is 4.29. The fourth-order valence-corrected chi connectivity index (χ4v) is 3.09. The summed E-state index contributed by atoms with van der Waals surface area (Å²) in [4.78, 5) is 26.6. The second-order valence-corrected chi connectivity index (χ2v) is 8.40. The molecule has 0 aromatic carbocycles. The maximum atomic E-state index is 13.3. The molecule has 0 aliphatic heterocycles. The predicted octanol–water partition coefficient (Wildman–Crippen LogP) is 2.69. The Morgan fingerprint density at radius 3 is 2.66 bits per heavy atom. The molecule has 9 heteroatoms. The first-order valence-corrected chi connectivity index (χ1v) is 10.8. The molecule has 0 fully saturated rings. The zero-order valence-corrected chi connectivity index (χ0v) is 19.2. The van der Waals surface area contributed by atoms with Gasteiger partial charge >= 0.3 is 0 Å². The molecule has 172 valence electrons. The molecular weight excluding hydrogens is 408 g/mol. The Morgan fingerprint density at radius 2 is 2.00 bits per heavy atom. The molecule has 3 N–H and O–H groups in total. The van der Waals surface area contributed by atoms with E-state index < -0.39 is 0 Å². The van der Waals surface area contributed by atoms with E-state index in [4.69, 9.17) is 15.2 Å². The third kappa shape index (κ3) is 5.60. The number of ether oxygens (including phenoxy) is 2. The summed E-state index contributed by atoms with van der Waals surface area (Å²) in [5, 5.41) is 3.18. The number of anilines is 1. The van der Waals surface area contributed by atoms with Crippen LogP contribution in [0.1, 0.15) is 27.2 Å². The molecule has 0 saturated heterocycles. The largest absolute Gasteiger partial charge is 0.481 e. The van der Waals surface area contributed by atoms with Crippen molar-refractivity contribution >= 4 is 16.9 Å². The number of nitrogens with zero attached hydrogens (tertiary/aromatic N) is 4. The second-order valence-electron chi connectivity index (χ2n) is 8.40. The Morgan fingerprint density at radius 1 is 1.19 bits per heavy atom. The monoisotopic (exact) mass is 440 g/mol. The Kier molecular flexibility index (Phi) is 7.76. The first-order chi connectivity index (χ1) is 15.4. The standard InChI is InChI=1S/C23H32N6O3/c1-5-9-32-10-8-29-19-11-17(16-6-7-20(31-4)26-12-16)25-13-18(19)28-21(22(29)30)27-15-23(2,3)14-24/h6-7,11-13H,5,8-10,14-15,24H2,1-4H3,(H,27,28). The Bertz CT molecular complexity index is 1100. The van der Waals surface area contributed by atoms with Crippen molar-refractivity contribution in [3.05, 3.63) is 40.9 Å². The van der Waals surface area contributed by atoms with Crippen LogP contribution in [0.2, 0.25) is 0 Å². The van der Waals surface area contributed by atoms with Crippen molar-refractivity contribution < 1.29 is 9.47 Å². The molecule has 0 spiro atoms. The molecule has 9 nitrogen and oxygen atoms in total. The van der Waals surface area contributed by atoms with E-state index >= 15 is 0 Å². The quantitative estimate of drug-likeness (QED) is 0.437. The van der Waals surface area contributed by atoms with Crippen LogP contribution in [0.4, 0.5) is 5.82 Å². The summed E-state index contributed by atoms with van der Waals surface area (Å²) in [5.41, 5.74) is 8.30. The van der Waals surface area contributed by atoms with Gasteiger partial charge in [-0.1, -0.05) is 20.8 Å². The molecule has 0 atom stereocenters. The summed E-state index contributed by atoms with van der Waals surface area (Å²) in [7, 11) is 1.57. The molecule has 0 amide bonds. The lowest BCUT2D eigenvalue weighted by Crippen LogP contribution is -2.34. The van der Waals surface area contributed by atoms with Gasteiger partial charge in [-0.3, -0.25) is 9.78 Å². The minimum Gasteiger partial charge on any atom is -0.481 e. The van der Waals surface area contributed by atoms with Crippen molar-refractivity contribution in [2.75, 3.05) is 38.7 Å². The van der Waals surface area contributed by atoms with Crippen LogP contribution in [0.15, 0.2) is 35.4 Å². The molecule has 0 aliphatic carbocycles. The fourth-order valence-electron chi connectivity index (χ4n) is 3.09. The van der Waals surface area contributed by atoms with E-state index in [2.05, 4.69) is 27.2 Å². The molecule has 0 radical (unpaired) electrons. The van der Waals surface area contributed by atoms with Gasteiger partial charge in [-0.25, -0.2) is 9.97 Å². The zero-order valence-electron chi connectivity index (χ0n) is 19.2. The van der Waals surface area contributed by atoms with Crippen LogP contribution in [0.25, 0.3) is 22.3 Å². The number of nitrogens with two attached hydrogens (primary N) is 1. The number of hydrogen-bond acceptors (Lipinski definition) is 8. The highest BCUT2D eigenvalue weighted by Crippen LogP contribution is 2.22. The molecule has 0 bridgehead atoms. The van der Waals surface area contributed by atoms with Crippen LogP contribution in [0.3, 0.4) is 0 Å². The number of pyridine rings is 2. The van der Waals surface area contributed by atoms with Gasteiger partial charge in [0.25, 0.3) is 5.56 Å². The predicted molar refractivity (Wildman–Crippen MR) is 126 cm³/mol. The van der Waals surface area contributed by atoms with Crippen molar-refractivity contribution in [3.63, 3.8) is 0 Å². The van der Waals surface area contributed by atoms with E-state index in [1.54, 1.807) is 30.1 Å². The smallest absolute Gasteiger partial charge is 0.293 e. The van der Waals surface area contributed by atoms with Gasteiger partial charge in [0, 0.05) is 37.5 Å².